The highest BCUT2D eigenvalue weighted by Crippen LogP contribution is 2.10. The number of carbonyl (C=O) groups excluding carboxylic acids is 2. The molecular weight excluding hydrogens is 376 g/mol. The third-order valence-electron chi connectivity index (χ3n) is 4.22. The number of aliphatic carboxylic acids is 1. The maximum Gasteiger partial charge on any atom is 0.325 e. The van der Waals surface area contributed by atoms with Crippen LogP contribution in [0.25, 0.3) is 0 Å². The van der Waals surface area contributed by atoms with Crippen LogP contribution in [0.2, 0.25) is 0 Å². The maximum absolute atomic E-state index is 12.6. The number of nitrogens with one attached hydrogen (secondary N) is 2. The lowest BCUT2D eigenvalue weighted by molar-refractivity contribution is -0.141. The number of carboxylic acids is 1. The molecule has 0 heterocycles. The van der Waals surface area contributed by atoms with Crippen molar-refractivity contribution >= 4 is 30.4 Å². The summed E-state index contributed by atoms with van der Waals surface area (Å²) in [4.78, 5) is 36.2. The summed E-state index contributed by atoms with van der Waals surface area (Å²) in [6, 6.07) is 16.7. The van der Waals surface area contributed by atoms with Gasteiger partial charge in [-0.15, -0.1) is 0 Å². The van der Waals surface area contributed by atoms with Crippen LogP contribution in [0.1, 0.15) is 18.1 Å². The molecule has 0 aromatic heterocycles. The van der Waals surface area contributed by atoms with Gasteiger partial charge in [0.05, 0.1) is 5.25 Å². The van der Waals surface area contributed by atoms with Crippen LogP contribution in [0.4, 0.5) is 0 Å². The predicted molar refractivity (Wildman–Crippen MR) is 110 cm³/mol. The molecule has 28 heavy (non-hydrogen) atoms. The molecule has 7 heteroatoms. The van der Waals surface area contributed by atoms with Crippen molar-refractivity contribution in [2.75, 3.05) is 0 Å². The van der Waals surface area contributed by atoms with E-state index in [2.05, 4.69) is 23.3 Å². The number of carboxylic acid groups (broad SMARTS) is 1. The summed E-state index contributed by atoms with van der Waals surface area (Å²) in [7, 11) is 0. The van der Waals surface area contributed by atoms with Crippen molar-refractivity contribution in [1.29, 1.82) is 0 Å². The molecule has 3 atom stereocenters. The fraction of sp³-hybridized carbons (Fsp3) is 0.286. The Labute approximate surface area is 169 Å². The Morgan fingerprint density at radius 3 is 1.86 bits per heavy atom. The average Bonchev–Trinajstić information content (AvgIpc) is 2.68. The summed E-state index contributed by atoms with van der Waals surface area (Å²) in [5, 5.41) is 13.5. The van der Waals surface area contributed by atoms with Crippen molar-refractivity contribution < 1.29 is 19.5 Å². The van der Waals surface area contributed by atoms with Gasteiger partial charge < -0.3 is 15.7 Å². The van der Waals surface area contributed by atoms with Gasteiger partial charge in [-0.25, -0.2) is 0 Å². The van der Waals surface area contributed by atoms with E-state index in [9.17, 15) is 14.4 Å². The van der Waals surface area contributed by atoms with Gasteiger partial charge in [0, 0.05) is 6.42 Å². The van der Waals surface area contributed by atoms with Gasteiger partial charge in [-0.05, 0) is 24.5 Å². The topological polar surface area (TPSA) is 95.5 Å². The number of thiol groups is 1. The SMILES string of the molecule is C[C@H](NC(=O)[C@H](Cc1ccccc1)NC(=O)[C@@H](S)Cc1ccccc1)C(=O)O. The van der Waals surface area contributed by atoms with E-state index >= 15 is 0 Å². The number of carbonyl (C=O) groups is 3. The maximum atomic E-state index is 12.6. The molecule has 2 aromatic rings. The van der Waals surface area contributed by atoms with Crippen molar-refractivity contribution in [2.24, 2.45) is 0 Å². The molecule has 0 saturated carbocycles. The summed E-state index contributed by atoms with van der Waals surface area (Å²) in [5.74, 6) is -2.08. The largest absolute Gasteiger partial charge is 0.480 e. The van der Waals surface area contributed by atoms with E-state index in [1.165, 1.54) is 6.92 Å². The summed E-state index contributed by atoms with van der Waals surface area (Å²) in [6.07, 6.45) is 0.664. The van der Waals surface area contributed by atoms with Crippen LogP contribution in [-0.2, 0) is 27.2 Å². The minimum Gasteiger partial charge on any atom is -0.480 e. The van der Waals surface area contributed by atoms with E-state index in [1.807, 2.05) is 60.7 Å². The van der Waals surface area contributed by atoms with Crippen LogP contribution >= 0.6 is 12.6 Å². The highest BCUT2D eigenvalue weighted by atomic mass is 32.1. The number of amides is 2. The second kappa shape index (κ2) is 10.5. The van der Waals surface area contributed by atoms with E-state index in [0.717, 1.165) is 11.1 Å². The molecule has 0 fully saturated rings. The number of hydrogen-bond acceptors (Lipinski definition) is 4. The Morgan fingerprint density at radius 2 is 1.36 bits per heavy atom. The molecule has 2 aromatic carbocycles. The molecule has 0 aliphatic heterocycles. The number of benzene rings is 2. The number of hydrogen-bond donors (Lipinski definition) is 4. The third kappa shape index (κ3) is 6.74. The molecule has 2 amide bonds. The van der Waals surface area contributed by atoms with Gasteiger partial charge in [0.25, 0.3) is 0 Å². The standard InChI is InChI=1S/C21H24N2O4S/c1-14(21(26)27)22-19(24)17(12-15-8-4-2-5-9-15)23-20(25)18(28)13-16-10-6-3-7-11-16/h2-11,14,17-18,28H,12-13H2,1H3,(H,22,24)(H,23,25)(H,26,27)/t14-,17-,18-/m0/s1. The molecule has 0 aliphatic rings. The minimum atomic E-state index is -1.14. The van der Waals surface area contributed by atoms with Crippen molar-refractivity contribution in [2.45, 2.75) is 37.1 Å². The van der Waals surface area contributed by atoms with Crippen LogP contribution in [0.15, 0.2) is 60.7 Å². The average molecular weight is 401 g/mol. The Bertz CT molecular complexity index is 799. The molecular formula is C21H24N2O4S. The highest BCUT2D eigenvalue weighted by molar-refractivity contribution is 7.81. The Kier molecular flexibility index (Phi) is 8.07. The van der Waals surface area contributed by atoms with Gasteiger partial charge in [0.1, 0.15) is 12.1 Å². The second-order valence-corrected chi connectivity index (χ2v) is 7.15. The van der Waals surface area contributed by atoms with Crippen molar-refractivity contribution in [3.05, 3.63) is 71.8 Å². The Balaban J connectivity index is 2.07. The van der Waals surface area contributed by atoms with E-state index < -0.39 is 29.2 Å². The van der Waals surface area contributed by atoms with E-state index in [-0.39, 0.29) is 12.3 Å². The second-order valence-electron chi connectivity index (χ2n) is 6.52. The lowest BCUT2D eigenvalue weighted by atomic mass is 10.0. The lowest BCUT2D eigenvalue weighted by Crippen LogP contribution is -2.53. The van der Waals surface area contributed by atoms with Gasteiger partial charge in [-0.1, -0.05) is 60.7 Å². The Morgan fingerprint density at radius 1 is 0.857 bits per heavy atom. The third-order valence-corrected chi connectivity index (χ3v) is 4.64. The fourth-order valence-electron chi connectivity index (χ4n) is 2.63. The van der Waals surface area contributed by atoms with Crippen LogP contribution in [0.5, 0.6) is 0 Å². The summed E-state index contributed by atoms with van der Waals surface area (Å²) < 4.78 is 0. The first-order chi connectivity index (χ1) is 13.4. The van der Waals surface area contributed by atoms with E-state index in [0.29, 0.717) is 6.42 Å². The molecule has 0 unspecified atom stereocenters. The molecule has 2 rings (SSSR count). The van der Waals surface area contributed by atoms with Gasteiger partial charge in [0.2, 0.25) is 11.8 Å². The van der Waals surface area contributed by atoms with E-state index in [1.54, 1.807) is 0 Å². The first kappa shape index (κ1) is 21.5. The minimum absolute atomic E-state index is 0.247. The molecule has 148 valence electrons. The van der Waals surface area contributed by atoms with Crippen molar-refractivity contribution in [3.8, 4) is 0 Å². The lowest BCUT2D eigenvalue weighted by Gasteiger charge is -2.22. The zero-order valence-corrected chi connectivity index (χ0v) is 16.4. The summed E-state index contributed by atoms with van der Waals surface area (Å²) in [6.45, 7) is 1.37. The van der Waals surface area contributed by atoms with Crippen LogP contribution in [0, 0.1) is 0 Å². The molecule has 0 saturated heterocycles. The zero-order valence-electron chi connectivity index (χ0n) is 15.5. The Hall–Kier alpha value is -2.80. The van der Waals surface area contributed by atoms with Gasteiger partial charge in [-0.2, -0.15) is 12.6 Å². The monoisotopic (exact) mass is 400 g/mol. The van der Waals surface area contributed by atoms with Crippen LogP contribution < -0.4 is 10.6 Å². The first-order valence-electron chi connectivity index (χ1n) is 8.96. The van der Waals surface area contributed by atoms with Gasteiger partial charge >= 0.3 is 5.97 Å². The van der Waals surface area contributed by atoms with Crippen molar-refractivity contribution in [3.63, 3.8) is 0 Å². The molecule has 0 aliphatic carbocycles. The first-order valence-corrected chi connectivity index (χ1v) is 9.48. The van der Waals surface area contributed by atoms with Gasteiger partial charge in [0.15, 0.2) is 0 Å². The zero-order chi connectivity index (χ0) is 20.5. The van der Waals surface area contributed by atoms with Crippen molar-refractivity contribution in [1.82, 2.24) is 10.6 Å². The number of rotatable bonds is 9. The fourth-order valence-corrected chi connectivity index (χ4v) is 2.92. The molecule has 0 bridgehead atoms. The smallest absolute Gasteiger partial charge is 0.325 e. The summed E-state index contributed by atoms with van der Waals surface area (Å²) in [5.41, 5.74) is 1.81. The summed E-state index contributed by atoms with van der Waals surface area (Å²) >= 11 is 4.37. The molecule has 3 N–H and O–H groups in total. The van der Waals surface area contributed by atoms with Crippen LogP contribution in [0.3, 0.4) is 0 Å². The molecule has 6 nitrogen and oxygen atoms in total. The van der Waals surface area contributed by atoms with Gasteiger partial charge in [-0.3, -0.25) is 14.4 Å². The quantitative estimate of drug-likeness (QED) is 0.483. The molecule has 0 radical (unpaired) electrons. The molecule has 0 spiro atoms. The highest BCUT2D eigenvalue weighted by Gasteiger charge is 2.26. The predicted octanol–water partition coefficient (Wildman–Crippen LogP) is 1.84. The normalized spacial score (nSPS) is 13.8. The van der Waals surface area contributed by atoms with Crippen LogP contribution in [-0.4, -0.2) is 40.2 Å². The van der Waals surface area contributed by atoms with E-state index in [4.69, 9.17) is 5.11 Å².